The molecule has 0 bridgehead atoms. The molecule has 0 aliphatic carbocycles. The predicted molar refractivity (Wildman–Crippen MR) is 64.3 cm³/mol. The maximum absolute atomic E-state index is 12.1. The molecule has 4 nitrogen and oxygen atoms in total. The summed E-state index contributed by atoms with van der Waals surface area (Å²) in [5, 5.41) is 12.3. The summed E-state index contributed by atoms with van der Waals surface area (Å²) in [6, 6.07) is 4.82. The molecule has 0 aliphatic rings. The summed E-state index contributed by atoms with van der Waals surface area (Å²) in [5.74, 6) is -0.184. The number of nitrogens with one attached hydrogen (secondary N) is 1. The van der Waals surface area contributed by atoms with E-state index in [-0.39, 0.29) is 11.3 Å². The largest absolute Gasteiger partial charge is 0.325 e. The monoisotopic (exact) mass is 244 g/mol. The number of thiophene rings is 1. The van der Waals surface area contributed by atoms with Gasteiger partial charge >= 0.3 is 0 Å². The molecule has 0 radical (unpaired) electrons. The van der Waals surface area contributed by atoms with Gasteiger partial charge in [0.2, 0.25) is 0 Å². The van der Waals surface area contributed by atoms with Crippen molar-refractivity contribution >= 4 is 17.1 Å². The van der Waals surface area contributed by atoms with Crippen molar-refractivity contribution in [2.75, 3.05) is 0 Å². The highest BCUT2D eigenvalue weighted by molar-refractivity contribution is 7.08. The average Bonchev–Trinajstić information content (AvgIpc) is 2.82. The summed E-state index contributed by atoms with van der Waals surface area (Å²) in [7, 11) is 0. The van der Waals surface area contributed by atoms with Crippen LogP contribution in [-0.2, 0) is 0 Å². The Kier molecular flexibility index (Phi) is 2.90. The van der Waals surface area contributed by atoms with Gasteiger partial charge in [0.25, 0.3) is 5.56 Å². The van der Waals surface area contributed by atoms with Crippen LogP contribution in [0.25, 0.3) is 0 Å². The molecule has 0 spiro atoms. The van der Waals surface area contributed by atoms with Crippen LogP contribution >= 0.6 is 11.3 Å². The predicted octanol–water partition coefficient (Wildman–Crippen LogP) is 1.85. The molecular weight excluding hydrogens is 236 g/mol. The minimum Gasteiger partial charge on any atom is -0.325 e. The Morgan fingerprint density at radius 1 is 1.53 bits per heavy atom. The zero-order chi connectivity index (χ0) is 12.4. The number of hydrogen-bond donors (Lipinski definition) is 1. The first-order valence-electron chi connectivity index (χ1n) is 4.84. The minimum absolute atomic E-state index is 0.0471. The van der Waals surface area contributed by atoms with E-state index in [0.29, 0.717) is 16.8 Å². The topological polar surface area (TPSA) is 73.7 Å². The molecule has 0 fully saturated rings. The maximum atomic E-state index is 12.1. The Labute approximate surface area is 101 Å². The van der Waals surface area contributed by atoms with Gasteiger partial charge < -0.3 is 4.98 Å². The number of pyridine rings is 1. The van der Waals surface area contributed by atoms with Gasteiger partial charge in [-0.1, -0.05) is 0 Å². The maximum Gasteiger partial charge on any atom is 0.266 e. The number of hydrogen-bond acceptors (Lipinski definition) is 4. The van der Waals surface area contributed by atoms with Crippen LogP contribution in [0, 0.1) is 18.3 Å². The van der Waals surface area contributed by atoms with E-state index in [0.717, 1.165) is 0 Å². The Morgan fingerprint density at radius 2 is 2.29 bits per heavy atom. The number of aromatic nitrogens is 1. The number of carbonyl (C=O) groups excluding carboxylic acids is 1. The van der Waals surface area contributed by atoms with Crippen LogP contribution in [0.4, 0.5) is 0 Å². The lowest BCUT2D eigenvalue weighted by Gasteiger charge is -2.03. The van der Waals surface area contributed by atoms with Gasteiger partial charge in [0, 0.05) is 22.2 Å². The van der Waals surface area contributed by atoms with Crippen molar-refractivity contribution in [3.05, 3.63) is 55.6 Å². The van der Waals surface area contributed by atoms with E-state index in [1.807, 2.05) is 0 Å². The Balaban J connectivity index is 2.57. The summed E-state index contributed by atoms with van der Waals surface area (Å²) >= 11 is 1.42. The summed E-state index contributed by atoms with van der Waals surface area (Å²) in [5.41, 5.74) is 0.889. The van der Waals surface area contributed by atoms with Gasteiger partial charge in [0.05, 0.1) is 0 Å². The first-order chi connectivity index (χ1) is 8.13. The zero-order valence-corrected chi connectivity index (χ0v) is 9.80. The minimum atomic E-state index is -0.466. The third kappa shape index (κ3) is 2.03. The van der Waals surface area contributed by atoms with Crippen LogP contribution in [0.1, 0.15) is 27.2 Å². The molecule has 0 aliphatic heterocycles. The van der Waals surface area contributed by atoms with E-state index in [1.165, 1.54) is 17.4 Å². The van der Waals surface area contributed by atoms with Crippen molar-refractivity contribution in [1.29, 1.82) is 5.26 Å². The fourth-order valence-corrected chi connectivity index (χ4v) is 2.13. The molecule has 0 saturated heterocycles. The third-order valence-electron chi connectivity index (χ3n) is 2.39. The van der Waals surface area contributed by atoms with Gasteiger partial charge in [0.15, 0.2) is 5.78 Å². The van der Waals surface area contributed by atoms with Crippen molar-refractivity contribution < 1.29 is 4.79 Å². The molecule has 5 heteroatoms. The SMILES string of the molecule is Cc1[nH]c(=O)c(C#N)cc1C(=O)c1ccsc1. The van der Waals surface area contributed by atoms with E-state index in [9.17, 15) is 9.59 Å². The van der Waals surface area contributed by atoms with Gasteiger partial charge in [-0.05, 0) is 24.4 Å². The second-order valence-electron chi connectivity index (χ2n) is 3.50. The van der Waals surface area contributed by atoms with E-state index >= 15 is 0 Å². The second kappa shape index (κ2) is 4.36. The molecule has 0 unspecified atom stereocenters. The van der Waals surface area contributed by atoms with Gasteiger partial charge in [-0.25, -0.2) is 0 Å². The van der Waals surface area contributed by atoms with E-state index in [1.54, 1.807) is 29.8 Å². The Bertz CT molecular complexity index is 663. The molecule has 2 aromatic rings. The lowest BCUT2D eigenvalue weighted by Crippen LogP contribution is -2.16. The fraction of sp³-hybridized carbons (Fsp3) is 0.0833. The first kappa shape index (κ1) is 11.3. The fourth-order valence-electron chi connectivity index (χ4n) is 1.49. The van der Waals surface area contributed by atoms with Crippen LogP contribution in [0.3, 0.4) is 0 Å². The summed E-state index contributed by atoms with van der Waals surface area (Å²) < 4.78 is 0. The standard InChI is InChI=1S/C12H8N2O2S/c1-7-10(4-9(5-13)12(16)14-7)11(15)8-2-3-17-6-8/h2-4,6H,1H3,(H,14,16). The smallest absolute Gasteiger partial charge is 0.266 e. The molecule has 2 rings (SSSR count). The number of nitriles is 1. The van der Waals surface area contributed by atoms with Gasteiger partial charge in [0.1, 0.15) is 11.6 Å². The van der Waals surface area contributed by atoms with Crippen LogP contribution in [0.15, 0.2) is 27.7 Å². The second-order valence-corrected chi connectivity index (χ2v) is 4.28. The molecule has 0 aromatic carbocycles. The van der Waals surface area contributed by atoms with Gasteiger partial charge in [-0.3, -0.25) is 9.59 Å². The highest BCUT2D eigenvalue weighted by Gasteiger charge is 2.14. The summed E-state index contributed by atoms with van der Waals surface area (Å²) in [4.78, 5) is 25.9. The highest BCUT2D eigenvalue weighted by atomic mass is 32.1. The molecular formula is C12H8N2O2S. The number of aromatic amines is 1. The number of rotatable bonds is 2. The van der Waals surface area contributed by atoms with Crippen molar-refractivity contribution in [2.45, 2.75) is 6.92 Å². The van der Waals surface area contributed by atoms with Crippen molar-refractivity contribution in [1.82, 2.24) is 4.98 Å². The number of H-pyrrole nitrogens is 1. The first-order valence-corrected chi connectivity index (χ1v) is 5.78. The zero-order valence-electron chi connectivity index (χ0n) is 8.98. The summed E-state index contributed by atoms with van der Waals surface area (Å²) in [6.07, 6.45) is 0. The van der Waals surface area contributed by atoms with Gasteiger partial charge in [-0.2, -0.15) is 16.6 Å². The lowest BCUT2D eigenvalue weighted by molar-refractivity contribution is 0.103. The third-order valence-corrected chi connectivity index (χ3v) is 3.07. The van der Waals surface area contributed by atoms with E-state index in [2.05, 4.69) is 4.98 Å². The molecule has 0 saturated carbocycles. The van der Waals surface area contributed by atoms with Crippen molar-refractivity contribution in [2.24, 2.45) is 0 Å². The van der Waals surface area contributed by atoms with Crippen LogP contribution in [0.5, 0.6) is 0 Å². The molecule has 17 heavy (non-hydrogen) atoms. The number of carbonyl (C=O) groups is 1. The molecule has 0 atom stereocenters. The quantitative estimate of drug-likeness (QED) is 0.819. The Morgan fingerprint density at radius 3 is 2.88 bits per heavy atom. The number of aryl methyl sites for hydroxylation is 1. The lowest BCUT2D eigenvalue weighted by atomic mass is 10.0. The van der Waals surface area contributed by atoms with Crippen molar-refractivity contribution in [3.8, 4) is 6.07 Å². The molecule has 84 valence electrons. The molecule has 2 heterocycles. The van der Waals surface area contributed by atoms with Crippen LogP contribution < -0.4 is 5.56 Å². The normalized spacial score (nSPS) is 9.88. The molecule has 2 aromatic heterocycles. The Hall–Kier alpha value is -2.19. The van der Waals surface area contributed by atoms with Gasteiger partial charge in [-0.15, -0.1) is 0 Å². The van der Waals surface area contributed by atoms with Crippen LogP contribution in [-0.4, -0.2) is 10.8 Å². The van der Waals surface area contributed by atoms with Crippen molar-refractivity contribution in [3.63, 3.8) is 0 Å². The molecule has 0 amide bonds. The highest BCUT2D eigenvalue weighted by Crippen LogP contribution is 2.14. The van der Waals surface area contributed by atoms with E-state index < -0.39 is 5.56 Å². The number of nitrogens with zero attached hydrogens (tertiary/aromatic N) is 1. The van der Waals surface area contributed by atoms with Crippen LogP contribution in [0.2, 0.25) is 0 Å². The average molecular weight is 244 g/mol. The number of ketones is 1. The molecule has 1 N–H and O–H groups in total. The summed E-state index contributed by atoms with van der Waals surface area (Å²) in [6.45, 7) is 1.64. The van der Waals surface area contributed by atoms with E-state index in [4.69, 9.17) is 5.26 Å².